The number of hydrogen-bond donors (Lipinski definition) is 1. The van der Waals surface area contributed by atoms with Crippen LogP contribution < -0.4 is 9.47 Å². The molecule has 0 saturated carbocycles. The van der Waals surface area contributed by atoms with Gasteiger partial charge in [-0.15, -0.1) is 0 Å². The predicted molar refractivity (Wildman–Crippen MR) is 79.0 cm³/mol. The molecule has 0 atom stereocenters. The number of halogens is 1. The SMILES string of the molecule is CCCOc1ccccc1Oc1nc(Cl)nc2[nH]ncc12. The van der Waals surface area contributed by atoms with E-state index < -0.39 is 0 Å². The topological polar surface area (TPSA) is 72.9 Å². The zero-order chi connectivity index (χ0) is 14.7. The third-order valence-corrected chi connectivity index (χ3v) is 2.93. The first-order chi connectivity index (χ1) is 10.3. The highest BCUT2D eigenvalue weighted by Crippen LogP contribution is 2.33. The van der Waals surface area contributed by atoms with E-state index in [-0.39, 0.29) is 5.28 Å². The molecule has 0 aliphatic carbocycles. The van der Waals surface area contributed by atoms with E-state index in [4.69, 9.17) is 21.1 Å². The number of nitrogens with one attached hydrogen (secondary N) is 1. The fourth-order valence-electron chi connectivity index (χ4n) is 1.83. The lowest BCUT2D eigenvalue weighted by molar-refractivity contribution is 0.301. The number of rotatable bonds is 5. The van der Waals surface area contributed by atoms with Gasteiger partial charge in [0, 0.05) is 0 Å². The molecule has 1 N–H and O–H groups in total. The summed E-state index contributed by atoms with van der Waals surface area (Å²) < 4.78 is 11.5. The quantitative estimate of drug-likeness (QED) is 0.729. The first-order valence-corrected chi connectivity index (χ1v) is 6.92. The minimum Gasteiger partial charge on any atom is -0.490 e. The summed E-state index contributed by atoms with van der Waals surface area (Å²) in [6.07, 6.45) is 2.51. The summed E-state index contributed by atoms with van der Waals surface area (Å²) in [6.45, 7) is 2.66. The number of fused-ring (bicyclic) bond motifs is 1. The molecule has 0 aliphatic heterocycles. The van der Waals surface area contributed by atoms with Crippen LogP contribution in [0.4, 0.5) is 0 Å². The fraction of sp³-hybridized carbons (Fsp3) is 0.214. The third-order valence-electron chi connectivity index (χ3n) is 2.76. The van der Waals surface area contributed by atoms with E-state index in [0.29, 0.717) is 35.0 Å². The lowest BCUT2D eigenvalue weighted by Gasteiger charge is -2.11. The Balaban J connectivity index is 1.97. The highest BCUT2D eigenvalue weighted by atomic mass is 35.5. The molecular weight excluding hydrogens is 292 g/mol. The van der Waals surface area contributed by atoms with Crippen LogP contribution in [0.5, 0.6) is 17.4 Å². The zero-order valence-corrected chi connectivity index (χ0v) is 12.1. The van der Waals surface area contributed by atoms with Crippen molar-refractivity contribution in [1.82, 2.24) is 20.2 Å². The Morgan fingerprint density at radius 1 is 1.19 bits per heavy atom. The van der Waals surface area contributed by atoms with Gasteiger partial charge in [0.2, 0.25) is 11.2 Å². The summed E-state index contributed by atoms with van der Waals surface area (Å²) in [6, 6.07) is 7.41. The Labute approximate surface area is 126 Å². The molecule has 0 aliphatic rings. The van der Waals surface area contributed by atoms with E-state index in [0.717, 1.165) is 6.42 Å². The van der Waals surface area contributed by atoms with Gasteiger partial charge in [-0.2, -0.15) is 15.1 Å². The van der Waals surface area contributed by atoms with Crippen LogP contribution in [0.15, 0.2) is 30.5 Å². The summed E-state index contributed by atoms with van der Waals surface area (Å²) >= 11 is 5.89. The minimum absolute atomic E-state index is 0.0914. The normalized spacial score (nSPS) is 10.8. The van der Waals surface area contributed by atoms with Gasteiger partial charge in [-0.25, -0.2) is 0 Å². The molecule has 6 nitrogen and oxygen atoms in total. The molecule has 1 aromatic carbocycles. The Morgan fingerprint density at radius 3 is 2.81 bits per heavy atom. The van der Waals surface area contributed by atoms with Crippen LogP contribution in [0.3, 0.4) is 0 Å². The Bertz CT molecular complexity index is 760. The van der Waals surface area contributed by atoms with Gasteiger partial charge in [0.15, 0.2) is 17.1 Å². The van der Waals surface area contributed by atoms with E-state index in [1.54, 1.807) is 6.20 Å². The van der Waals surface area contributed by atoms with Crippen molar-refractivity contribution in [3.63, 3.8) is 0 Å². The van der Waals surface area contributed by atoms with Crippen molar-refractivity contribution in [2.75, 3.05) is 6.61 Å². The van der Waals surface area contributed by atoms with Crippen LogP contribution in [-0.2, 0) is 0 Å². The number of hydrogen-bond acceptors (Lipinski definition) is 5. The minimum atomic E-state index is 0.0914. The number of aromatic nitrogens is 4. The molecule has 3 aromatic rings. The Hall–Kier alpha value is -2.34. The van der Waals surface area contributed by atoms with Crippen LogP contribution in [0, 0.1) is 0 Å². The lowest BCUT2D eigenvalue weighted by Crippen LogP contribution is -1.98. The molecule has 108 valence electrons. The maximum Gasteiger partial charge on any atom is 0.234 e. The van der Waals surface area contributed by atoms with Crippen LogP contribution >= 0.6 is 11.6 Å². The summed E-state index contributed by atoms with van der Waals surface area (Å²) in [5, 5.41) is 7.41. The predicted octanol–water partition coefficient (Wildman–Crippen LogP) is 3.59. The maximum atomic E-state index is 5.89. The van der Waals surface area contributed by atoms with E-state index in [9.17, 15) is 0 Å². The molecule has 0 amide bonds. The van der Waals surface area contributed by atoms with Crippen molar-refractivity contribution < 1.29 is 9.47 Å². The van der Waals surface area contributed by atoms with Gasteiger partial charge in [-0.1, -0.05) is 19.1 Å². The van der Waals surface area contributed by atoms with Gasteiger partial charge < -0.3 is 9.47 Å². The molecule has 0 radical (unpaired) electrons. The van der Waals surface area contributed by atoms with Gasteiger partial charge in [0.25, 0.3) is 0 Å². The second-order valence-corrected chi connectivity index (χ2v) is 4.67. The molecule has 2 aromatic heterocycles. The van der Waals surface area contributed by atoms with Gasteiger partial charge in [0.1, 0.15) is 5.39 Å². The summed E-state index contributed by atoms with van der Waals surface area (Å²) in [4.78, 5) is 8.14. The first-order valence-electron chi connectivity index (χ1n) is 6.54. The summed E-state index contributed by atoms with van der Waals surface area (Å²) in [5.41, 5.74) is 0.525. The van der Waals surface area contributed by atoms with Crippen molar-refractivity contribution in [3.8, 4) is 17.4 Å². The lowest BCUT2D eigenvalue weighted by atomic mass is 10.3. The van der Waals surface area contributed by atoms with Crippen molar-refractivity contribution >= 4 is 22.6 Å². The Kier molecular flexibility index (Phi) is 3.87. The molecule has 3 rings (SSSR count). The van der Waals surface area contributed by atoms with Crippen LogP contribution in [-0.4, -0.2) is 26.8 Å². The van der Waals surface area contributed by atoms with E-state index in [2.05, 4.69) is 20.2 Å². The molecule has 0 spiro atoms. The number of ether oxygens (including phenoxy) is 2. The number of benzene rings is 1. The van der Waals surface area contributed by atoms with Crippen LogP contribution in [0.25, 0.3) is 11.0 Å². The smallest absolute Gasteiger partial charge is 0.234 e. The molecule has 7 heteroatoms. The maximum absolute atomic E-state index is 5.89. The number of para-hydroxylation sites is 2. The molecule has 0 saturated heterocycles. The molecule has 2 heterocycles. The third kappa shape index (κ3) is 2.90. The van der Waals surface area contributed by atoms with Gasteiger partial charge in [0.05, 0.1) is 12.8 Å². The molecule has 0 bridgehead atoms. The summed E-state index contributed by atoms with van der Waals surface area (Å²) in [7, 11) is 0. The van der Waals surface area contributed by atoms with Crippen molar-refractivity contribution in [2.24, 2.45) is 0 Å². The summed E-state index contributed by atoms with van der Waals surface area (Å²) in [5.74, 6) is 1.57. The standard InChI is InChI=1S/C14H13ClN4O2/c1-2-7-20-10-5-3-4-6-11(10)21-13-9-8-16-19-12(9)17-14(15)18-13/h3-6,8H,2,7H2,1H3,(H,16,17,18,19). The first kappa shape index (κ1) is 13.6. The molecule has 21 heavy (non-hydrogen) atoms. The van der Waals surface area contributed by atoms with E-state index in [1.165, 1.54) is 0 Å². The monoisotopic (exact) mass is 304 g/mol. The van der Waals surface area contributed by atoms with Crippen LogP contribution in [0.1, 0.15) is 13.3 Å². The second-order valence-electron chi connectivity index (χ2n) is 4.33. The largest absolute Gasteiger partial charge is 0.490 e. The van der Waals surface area contributed by atoms with Crippen LogP contribution in [0.2, 0.25) is 5.28 Å². The highest BCUT2D eigenvalue weighted by molar-refractivity contribution is 6.28. The van der Waals surface area contributed by atoms with Gasteiger partial charge >= 0.3 is 0 Å². The van der Waals surface area contributed by atoms with E-state index in [1.807, 2.05) is 31.2 Å². The highest BCUT2D eigenvalue weighted by Gasteiger charge is 2.13. The molecular formula is C14H13ClN4O2. The Morgan fingerprint density at radius 2 is 2.00 bits per heavy atom. The number of nitrogens with zero attached hydrogens (tertiary/aromatic N) is 3. The molecule has 0 fully saturated rings. The zero-order valence-electron chi connectivity index (χ0n) is 11.3. The van der Waals surface area contributed by atoms with Gasteiger partial charge in [-0.3, -0.25) is 5.10 Å². The van der Waals surface area contributed by atoms with Gasteiger partial charge in [-0.05, 0) is 30.2 Å². The fourth-order valence-corrected chi connectivity index (χ4v) is 1.99. The second kappa shape index (κ2) is 5.97. The van der Waals surface area contributed by atoms with E-state index >= 15 is 0 Å². The van der Waals surface area contributed by atoms with Crippen molar-refractivity contribution in [1.29, 1.82) is 0 Å². The van der Waals surface area contributed by atoms with Crippen molar-refractivity contribution in [2.45, 2.75) is 13.3 Å². The van der Waals surface area contributed by atoms with Crippen molar-refractivity contribution in [3.05, 3.63) is 35.7 Å². The average molecular weight is 305 g/mol. The number of aromatic amines is 1. The molecule has 0 unspecified atom stereocenters. The average Bonchev–Trinajstić information content (AvgIpc) is 2.94. The number of H-pyrrole nitrogens is 1.